The molecule has 0 atom stereocenters. The van der Waals surface area contributed by atoms with Crippen LogP contribution in [0.4, 0.5) is 0 Å². The average Bonchev–Trinajstić information content (AvgIpc) is 3.27. The zero-order valence-corrected chi connectivity index (χ0v) is 17.8. The maximum absolute atomic E-state index is 12.7. The van der Waals surface area contributed by atoms with Gasteiger partial charge in [-0.2, -0.15) is 5.26 Å². The molecule has 6 nitrogen and oxygen atoms in total. The monoisotopic (exact) mass is 423 g/mol. The van der Waals surface area contributed by atoms with E-state index in [1.807, 2.05) is 48.5 Å². The van der Waals surface area contributed by atoms with Crippen LogP contribution < -0.4 is 5.56 Å². The summed E-state index contributed by atoms with van der Waals surface area (Å²) < 4.78 is 0. The number of hydrogen-bond acceptors (Lipinski definition) is 4. The number of nitrogens with one attached hydrogen (secondary N) is 2. The van der Waals surface area contributed by atoms with Crippen molar-refractivity contribution in [3.8, 4) is 28.6 Å². The molecule has 1 fully saturated rings. The fraction of sp³-hybridized carbons (Fsp3) is 0.269. The molecule has 1 aliphatic heterocycles. The second-order valence-electron chi connectivity index (χ2n) is 8.38. The highest BCUT2D eigenvalue weighted by Crippen LogP contribution is 2.27. The molecule has 3 heterocycles. The maximum atomic E-state index is 12.7. The molecule has 0 aliphatic carbocycles. The Kier molecular flexibility index (Phi) is 5.57. The van der Waals surface area contributed by atoms with E-state index in [4.69, 9.17) is 10.2 Å². The highest BCUT2D eigenvalue weighted by Gasteiger charge is 2.19. The van der Waals surface area contributed by atoms with Gasteiger partial charge in [-0.25, -0.2) is 4.98 Å². The first-order chi connectivity index (χ1) is 15.7. The molecule has 160 valence electrons. The van der Waals surface area contributed by atoms with Gasteiger partial charge in [0, 0.05) is 29.8 Å². The Morgan fingerprint density at radius 2 is 1.88 bits per heavy atom. The fourth-order valence-electron chi connectivity index (χ4n) is 4.49. The Morgan fingerprint density at radius 3 is 2.66 bits per heavy atom. The molecular formula is C26H25N5O. The van der Waals surface area contributed by atoms with Crippen molar-refractivity contribution in [1.82, 2.24) is 19.9 Å². The SMILES string of the molecule is N#CC1CCN(CCc2c(-c3ccc4nc(-c5ccccc5)[nH]c4c3)cc[nH]c2=O)CC1. The van der Waals surface area contributed by atoms with E-state index >= 15 is 0 Å². The number of fused-ring (bicyclic) bond motifs is 1. The van der Waals surface area contributed by atoms with Crippen LogP contribution in [0.25, 0.3) is 33.5 Å². The largest absolute Gasteiger partial charge is 0.338 e. The number of aromatic nitrogens is 3. The number of likely N-dealkylation sites (tertiary alicyclic amines) is 1. The zero-order valence-electron chi connectivity index (χ0n) is 17.8. The molecule has 0 unspecified atom stereocenters. The summed E-state index contributed by atoms with van der Waals surface area (Å²) in [7, 11) is 0. The fourth-order valence-corrected chi connectivity index (χ4v) is 4.49. The third-order valence-electron chi connectivity index (χ3n) is 6.35. The lowest BCUT2D eigenvalue weighted by Crippen LogP contribution is -2.35. The van der Waals surface area contributed by atoms with Crippen LogP contribution in [0.5, 0.6) is 0 Å². The van der Waals surface area contributed by atoms with E-state index in [0.29, 0.717) is 6.42 Å². The van der Waals surface area contributed by atoms with Crippen molar-refractivity contribution >= 4 is 11.0 Å². The number of hydrogen-bond donors (Lipinski definition) is 2. The van der Waals surface area contributed by atoms with Crippen molar-refractivity contribution in [1.29, 1.82) is 5.26 Å². The summed E-state index contributed by atoms with van der Waals surface area (Å²) in [4.78, 5) is 26.0. The summed E-state index contributed by atoms with van der Waals surface area (Å²) in [5.74, 6) is 1.01. The Balaban J connectivity index is 1.41. The molecule has 1 saturated heterocycles. The molecule has 2 N–H and O–H groups in total. The number of nitrogens with zero attached hydrogens (tertiary/aromatic N) is 3. The van der Waals surface area contributed by atoms with E-state index in [1.165, 1.54) is 0 Å². The molecule has 0 spiro atoms. The lowest BCUT2D eigenvalue weighted by Gasteiger charge is -2.29. The minimum absolute atomic E-state index is 0.0379. The molecular weight excluding hydrogens is 398 g/mol. The number of imidazole rings is 1. The molecule has 2 aromatic carbocycles. The molecule has 5 rings (SSSR count). The number of rotatable bonds is 5. The smallest absolute Gasteiger partial charge is 0.251 e. The van der Waals surface area contributed by atoms with Gasteiger partial charge in [0.05, 0.1) is 17.1 Å². The van der Waals surface area contributed by atoms with Crippen molar-refractivity contribution in [3.63, 3.8) is 0 Å². The highest BCUT2D eigenvalue weighted by atomic mass is 16.1. The second kappa shape index (κ2) is 8.81. The second-order valence-corrected chi connectivity index (χ2v) is 8.38. The first-order valence-corrected chi connectivity index (χ1v) is 11.1. The third-order valence-corrected chi connectivity index (χ3v) is 6.35. The van der Waals surface area contributed by atoms with Gasteiger partial charge < -0.3 is 14.9 Å². The lowest BCUT2D eigenvalue weighted by molar-refractivity contribution is 0.208. The van der Waals surface area contributed by atoms with Gasteiger partial charge in [-0.05, 0) is 61.7 Å². The Hall–Kier alpha value is -3.69. The average molecular weight is 424 g/mol. The van der Waals surface area contributed by atoms with E-state index in [0.717, 1.165) is 71.6 Å². The Bertz CT molecular complexity index is 1320. The van der Waals surface area contributed by atoms with Crippen LogP contribution in [0.15, 0.2) is 65.6 Å². The van der Waals surface area contributed by atoms with E-state index in [1.54, 1.807) is 6.20 Å². The van der Waals surface area contributed by atoms with Crippen molar-refractivity contribution in [2.45, 2.75) is 19.3 Å². The van der Waals surface area contributed by atoms with Gasteiger partial charge in [-0.15, -0.1) is 0 Å². The van der Waals surface area contributed by atoms with Crippen LogP contribution >= 0.6 is 0 Å². The minimum Gasteiger partial charge on any atom is -0.338 e. The van der Waals surface area contributed by atoms with Gasteiger partial charge in [0.1, 0.15) is 5.82 Å². The molecule has 32 heavy (non-hydrogen) atoms. The Labute approximate surface area is 186 Å². The third kappa shape index (κ3) is 4.08. The molecule has 2 aromatic heterocycles. The summed E-state index contributed by atoms with van der Waals surface area (Å²) >= 11 is 0. The van der Waals surface area contributed by atoms with Gasteiger partial charge in [-0.3, -0.25) is 4.79 Å². The van der Waals surface area contributed by atoms with Gasteiger partial charge in [-0.1, -0.05) is 36.4 Å². The van der Waals surface area contributed by atoms with Gasteiger partial charge in [0.2, 0.25) is 0 Å². The van der Waals surface area contributed by atoms with Crippen molar-refractivity contribution in [2.24, 2.45) is 5.92 Å². The molecule has 4 aromatic rings. The molecule has 0 bridgehead atoms. The molecule has 0 amide bonds. The van der Waals surface area contributed by atoms with Crippen LogP contribution in [0.2, 0.25) is 0 Å². The lowest BCUT2D eigenvalue weighted by atomic mass is 9.96. The number of benzene rings is 2. The van der Waals surface area contributed by atoms with Gasteiger partial charge >= 0.3 is 0 Å². The van der Waals surface area contributed by atoms with E-state index < -0.39 is 0 Å². The standard InChI is InChI=1S/C26H25N5O/c27-17-18-9-13-31(14-10-18)15-11-22-21(8-12-28-26(22)32)20-6-7-23-24(16-20)30-25(29-23)19-4-2-1-3-5-19/h1-8,12,16,18H,9-11,13-15H2,(H,28,32)(H,29,30). The summed E-state index contributed by atoms with van der Waals surface area (Å²) in [6.07, 6.45) is 4.22. The van der Waals surface area contributed by atoms with E-state index in [9.17, 15) is 4.79 Å². The first-order valence-electron chi connectivity index (χ1n) is 11.1. The molecule has 0 radical (unpaired) electrons. The minimum atomic E-state index is -0.0379. The normalized spacial score (nSPS) is 15.1. The number of pyridine rings is 1. The van der Waals surface area contributed by atoms with Crippen molar-refractivity contribution in [3.05, 3.63) is 76.7 Å². The predicted molar refractivity (Wildman–Crippen MR) is 126 cm³/mol. The van der Waals surface area contributed by atoms with Crippen molar-refractivity contribution < 1.29 is 0 Å². The summed E-state index contributed by atoms with van der Waals surface area (Å²) in [5, 5.41) is 9.10. The zero-order chi connectivity index (χ0) is 21.9. The first kappa shape index (κ1) is 20.2. The predicted octanol–water partition coefficient (Wildman–Crippen LogP) is 4.36. The van der Waals surface area contributed by atoms with E-state index in [-0.39, 0.29) is 11.5 Å². The summed E-state index contributed by atoms with van der Waals surface area (Å²) in [6, 6.07) is 20.5. The maximum Gasteiger partial charge on any atom is 0.251 e. The van der Waals surface area contributed by atoms with Crippen LogP contribution in [0, 0.1) is 17.2 Å². The molecule has 6 heteroatoms. The van der Waals surface area contributed by atoms with Gasteiger partial charge in [0.15, 0.2) is 0 Å². The summed E-state index contributed by atoms with van der Waals surface area (Å²) in [5.41, 5.74) is 5.62. The Morgan fingerprint density at radius 1 is 1.06 bits per heavy atom. The van der Waals surface area contributed by atoms with Crippen LogP contribution in [-0.4, -0.2) is 39.5 Å². The van der Waals surface area contributed by atoms with Crippen LogP contribution in [0.3, 0.4) is 0 Å². The van der Waals surface area contributed by atoms with Gasteiger partial charge in [0.25, 0.3) is 5.56 Å². The van der Waals surface area contributed by atoms with Crippen LogP contribution in [0.1, 0.15) is 18.4 Å². The summed E-state index contributed by atoms with van der Waals surface area (Å²) in [6.45, 7) is 2.66. The van der Waals surface area contributed by atoms with Crippen molar-refractivity contribution in [2.75, 3.05) is 19.6 Å². The molecule has 0 saturated carbocycles. The number of H-pyrrole nitrogens is 2. The van der Waals surface area contributed by atoms with E-state index in [2.05, 4.69) is 27.0 Å². The number of aromatic amines is 2. The number of nitriles is 1. The topological polar surface area (TPSA) is 88.6 Å². The molecule has 1 aliphatic rings. The van der Waals surface area contributed by atoms with Crippen LogP contribution in [-0.2, 0) is 6.42 Å². The quantitative estimate of drug-likeness (QED) is 0.499. The highest BCUT2D eigenvalue weighted by molar-refractivity contribution is 5.85. The number of piperidine rings is 1.